The normalized spacial score (nSPS) is 24.9. The van der Waals surface area contributed by atoms with Crippen molar-refractivity contribution in [3.05, 3.63) is 40.1 Å². The summed E-state index contributed by atoms with van der Waals surface area (Å²) in [5.41, 5.74) is 8.25. The fourth-order valence-corrected chi connectivity index (χ4v) is 4.39. The maximum Gasteiger partial charge on any atom is 0.276 e. The standard InChI is InChI=1S/C17H20BrN5O.ClH/c1-10-16(20-21-23(10)13-4-2-3-12(18)7-13)17(24)22-8-11-5-6-15(19)14(11)9-22;/h2-4,7,11,14-15H,5-6,8-9,19H2,1H3;1H. The Hall–Kier alpha value is -1.44. The first kappa shape index (κ1) is 18.4. The Kier molecular flexibility index (Phi) is 5.18. The van der Waals surface area contributed by atoms with Crippen LogP contribution in [0.1, 0.15) is 29.0 Å². The number of halogens is 2. The topological polar surface area (TPSA) is 77.0 Å². The average molecular weight is 427 g/mol. The van der Waals surface area contributed by atoms with Crippen LogP contribution in [0.2, 0.25) is 0 Å². The Morgan fingerprint density at radius 2 is 2.12 bits per heavy atom. The monoisotopic (exact) mass is 425 g/mol. The summed E-state index contributed by atoms with van der Waals surface area (Å²) in [4.78, 5) is 14.8. The fraction of sp³-hybridized carbons (Fsp3) is 0.471. The summed E-state index contributed by atoms with van der Waals surface area (Å²) in [6.07, 6.45) is 2.20. The number of likely N-dealkylation sites (tertiary alicyclic amines) is 1. The molecule has 2 N–H and O–H groups in total. The van der Waals surface area contributed by atoms with Gasteiger partial charge in [-0.05, 0) is 49.8 Å². The lowest BCUT2D eigenvalue weighted by atomic mass is 9.98. The Labute approximate surface area is 161 Å². The zero-order chi connectivity index (χ0) is 16.8. The number of hydrogen-bond acceptors (Lipinski definition) is 4. The highest BCUT2D eigenvalue weighted by molar-refractivity contribution is 9.10. The summed E-state index contributed by atoms with van der Waals surface area (Å²) in [6.45, 7) is 3.42. The van der Waals surface area contributed by atoms with Gasteiger partial charge in [0.1, 0.15) is 0 Å². The Bertz CT molecular complexity index is 795. The first-order valence-electron chi connectivity index (χ1n) is 8.27. The summed E-state index contributed by atoms with van der Waals surface area (Å²) in [6, 6.07) is 8.01. The first-order chi connectivity index (χ1) is 11.5. The van der Waals surface area contributed by atoms with Gasteiger partial charge < -0.3 is 10.6 Å². The number of nitrogens with two attached hydrogens (primary N) is 1. The van der Waals surface area contributed by atoms with Gasteiger partial charge in [0.15, 0.2) is 5.69 Å². The van der Waals surface area contributed by atoms with Gasteiger partial charge in [-0.1, -0.05) is 27.2 Å². The molecule has 0 bridgehead atoms. The molecule has 2 aliphatic rings. The van der Waals surface area contributed by atoms with E-state index >= 15 is 0 Å². The van der Waals surface area contributed by atoms with Crippen LogP contribution < -0.4 is 5.73 Å². The van der Waals surface area contributed by atoms with Crippen molar-refractivity contribution in [2.45, 2.75) is 25.8 Å². The molecular formula is C17H21BrClN5O. The number of carbonyl (C=O) groups is 1. The highest BCUT2D eigenvalue weighted by atomic mass is 79.9. The molecule has 134 valence electrons. The highest BCUT2D eigenvalue weighted by Gasteiger charge is 2.43. The van der Waals surface area contributed by atoms with Crippen molar-refractivity contribution in [3.8, 4) is 5.69 Å². The van der Waals surface area contributed by atoms with Gasteiger partial charge >= 0.3 is 0 Å². The van der Waals surface area contributed by atoms with E-state index in [9.17, 15) is 4.79 Å². The second kappa shape index (κ2) is 7.05. The van der Waals surface area contributed by atoms with Crippen LogP contribution in [0.4, 0.5) is 0 Å². The molecule has 8 heteroatoms. The Morgan fingerprint density at radius 1 is 1.32 bits per heavy atom. The molecule has 1 aromatic heterocycles. The predicted molar refractivity (Wildman–Crippen MR) is 101 cm³/mol. The van der Waals surface area contributed by atoms with Gasteiger partial charge in [-0.3, -0.25) is 4.79 Å². The second-order valence-corrected chi connectivity index (χ2v) is 7.71. The van der Waals surface area contributed by atoms with Crippen molar-refractivity contribution in [2.75, 3.05) is 13.1 Å². The number of nitrogens with zero attached hydrogens (tertiary/aromatic N) is 4. The molecule has 0 spiro atoms. The second-order valence-electron chi connectivity index (χ2n) is 6.79. The van der Waals surface area contributed by atoms with Gasteiger partial charge in [-0.2, -0.15) is 0 Å². The van der Waals surface area contributed by atoms with Crippen molar-refractivity contribution in [2.24, 2.45) is 17.6 Å². The van der Waals surface area contributed by atoms with Crippen LogP contribution in [-0.2, 0) is 0 Å². The summed E-state index contributed by atoms with van der Waals surface area (Å²) >= 11 is 3.46. The van der Waals surface area contributed by atoms with E-state index in [0.29, 0.717) is 17.5 Å². The highest BCUT2D eigenvalue weighted by Crippen LogP contribution is 2.37. The first-order valence-corrected chi connectivity index (χ1v) is 9.07. The van der Waals surface area contributed by atoms with Crippen molar-refractivity contribution < 1.29 is 4.79 Å². The Balaban J connectivity index is 0.00000182. The van der Waals surface area contributed by atoms with Crippen LogP contribution in [0.3, 0.4) is 0 Å². The minimum absolute atomic E-state index is 0. The summed E-state index contributed by atoms with van der Waals surface area (Å²) in [7, 11) is 0. The maximum absolute atomic E-state index is 12.9. The number of fused-ring (bicyclic) bond motifs is 1. The number of carbonyl (C=O) groups excluding carboxylic acids is 1. The van der Waals surface area contributed by atoms with Gasteiger partial charge in [0, 0.05) is 23.6 Å². The Morgan fingerprint density at radius 3 is 2.84 bits per heavy atom. The molecule has 1 aliphatic carbocycles. The van der Waals surface area contributed by atoms with Gasteiger partial charge in [-0.25, -0.2) is 4.68 Å². The molecule has 3 atom stereocenters. The molecule has 4 rings (SSSR count). The summed E-state index contributed by atoms with van der Waals surface area (Å²) in [5, 5.41) is 8.33. The number of aromatic nitrogens is 3. The predicted octanol–water partition coefficient (Wildman–Crippen LogP) is 2.57. The molecule has 2 heterocycles. The van der Waals surface area contributed by atoms with E-state index < -0.39 is 0 Å². The molecule has 2 aromatic rings. The lowest BCUT2D eigenvalue weighted by Crippen LogP contribution is -2.34. The van der Waals surface area contributed by atoms with Crippen LogP contribution in [0, 0.1) is 18.8 Å². The molecule has 6 nitrogen and oxygen atoms in total. The zero-order valence-corrected chi connectivity index (χ0v) is 16.3. The number of benzene rings is 1. The minimum Gasteiger partial charge on any atom is -0.337 e. The van der Waals surface area contributed by atoms with E-state index in [1.807, 2.05) is 36.1 Å². The third kappa shape index (κ3) is 3.20. The van der Waals surface area contributed by atoms with Crippen LogP contribution >= 0.6 is 28.3 Å². The SMILES string of the molecule is Cc1c(C(=O)N2CC3CCC(N)C3C2)nnn1-c1cccc(Br)c1.Cl. The van der Waals surface area contributed by atoms with Crippen LogP contribution in [0.15, 0.2) is 28.7 Å². The van der Waals surface area contributed by atoms with Crippen molar-refractivity contribution in [1.82, 2.24) is 19.9 Å². The van der Waals surface area contributed by atoms with E-state index in [2.05, 4.69) is 26.2 Å². The largest absolute Gasteiger partial charge is 0.337 e. The molecule has 1 aromatic carbocycles. The molecule has 2 fully saturated rings. The lowest BCUT2D eigenvalue weighted by molar-refractivity contribution is 0.0773. The third-order valence-electron chi connectivity index (χ3n) is 5.35. The zero-order valence-electron chi connectivity index (χ0n) is 13.9. The van der Waals surface area contributed by atoms with Crippen LogP contribution in [0.25, 0.3) is 5.69 Å². The van der Waals surface area contributed by atoms with Gasteiger partial charge in [-0.15, -0.1) is 17.5 Å². The molecule has 1 amide bonds. The fourth-order valence-electron chi connectivity index (χ4n) is 4.00. The van der Waals surface area contributed by atoms with E-state index in [4.69, 9.17) is 5.73 Å². The van der Waals surface area contributed by atoms with Crippen molar-refractivity contribution in [3.63, 3.8) is 0 Å². The van der Waals surface area contributed by atoms with Gasteiger partial charge in [0.2, 0.25) is 0 Å². The van der Waals surface area contributed by atoms with Crippen molar-refractivity contribution >= 4 is 34.2 Å². The van der Waals surface area contributed by atoms with Crippen molar-refractivity contribution in [1.29, 1.82) is 0 Å². The molecule has 1 aliphatic heterocycles. The minimum atomic E-state index is -0.0321. The maximum atomic E-state index is 12.9. The number of hydrogen-bond donors (Lipinski definition) is 1. The van der Waals surface area contributed by atoms with E-state index in [1.54, 1.807) is 4.68 Å². The van der Waals surface area contributed by atoms with Gasteiger partial charge in [0.05, 0.1) is 11.4 Å². The third-order valence-corrected chi connectivity index (χ3v) is 5.84. The van der Waals surface area contributed by atoms with Crippen LogP contribution in [0.5, 0.6) is 0 Å². The summed E-state index contributed by atoms with van der Waals surface area (Å²) in [5.74, 6) is 0.953. The summed E-state index contributed by atoms with van der Waals surface area (Å²) < 4.78 is 2.67. The van der Waals surface area contributed by atoms with E-state index in [1.165, 1.54) is 0 Å². The molecule has 1 saturated heterocycles. The molecule has 0 radical (unpaired) electrons. The van der Waals surface area contributed by atoms with E-state index in [-0.39, 0.29) is 24.4 Å². The number of rotatable bonds is 2. The van der Waals surface area contributed by atoms with Gasteiger partial charge in [0.25, 0.3) is 5.91 Å². The lowest BCUT2D eigenvalue weighted by Gasteiger charge is -2.17. The number of amides is 1. The quantitative estimate of drug-likeness (QED) is 0.800. The smallest absolute Gasteiger partial charge is 0.276 e. The molecule has 3 unspecified atom stereocenters. The molecular weight excluding hydrogens is 406 g/mol. The van der Waals surface area contributed by atoms with Crippen LogP contribution in [-0.4, -0.2) is 44.9 Å². The van der Waals surface area contributed by atoms with E-state index in [0.717, 1.165) is 41.8 Å². The average Bonchev–Trinajstić information content (AvgIpc) is 3.23. The molecule has 25 heavy (non-hydrogen) atoms. The molecule has 1 saturated carbocycles.